The van der Waals surface area contributed by atoms with E-state index < -0.39 is 15.8 Å². The van der Waals surface area contributed by atoms with Crippen molar-refractivity contribution in [3.63, 3.8) is 0 Å². The van der Waals surface area contributed by atoms with E-state index in [1.54, 1.807) is 20.3 Å². The van der Waals surface area contributed by atoms with Crippen molar-refractivity contribution < 1.29 is 27.1 Å². The largest absolute Gasteiger partial charge is 0.493 e. The molecule has 0 aromatic heterocycles. The molecule has 0 unspecified atom stereocenters. The first-order valence-corrected chi connectivity index (χ1v) is 12.3. The van der Waals surface area contributed by atoms with E-state index >= 15 is 0 Å². The van der Waals surface area contributed by atoms with Crippen LogP contribution in [0.15, 0.2) is 47.4 Å². The second-order valence-corrected chi connectivity index (χ2v) is 10.0. The fourth-order valence-corrected chi connectivity index (χ4v) is 5.90. The minimum absolute atomic E-state index is 0.0527. The first-order chi connectivity index (χ1) is 15.8. The molecule has 176 valence electrons. The number of methoxy groups -OCH3 is 2. The highest BCUT2D eigenvalue weighted by atomic mass is 32.2. The van der Waals surface area contributed by atoms with Crippen LogP contribution in [-0.2, 0) is 21.2 Å². The van der Waals surface area contributed by atoms with Gasteiger partial charge in [-0.05, 0) is 49.1 Å². The molecule has 2 aliphatic rings. The number of sulfonamides is 1. The minimum Gasteiger partial charge on any atom is -0.493 e. The molecule has 33 heavy (non-hydrogen) atoms. The van der Waals surface area contributed by atoms with E-state index in [9.17, 15) is 17.6 Å². The number of carbonyl (C=O) groups is 1. The summed E-state index contributed by atoms with van der Waals surface area (Å²) in [6.45, 7) is 1.04. The number of nitrogens with zero attached hydrogens (tertiary/aromatic N) is 1. The van der Waals surface area contributed by atoms with Crippen LogP contribution in [0.1, 0.15) is 24.0 Å². The smallest absolute Gasteiger partial charge is 0.245 e. The van der Waals surface area contributed by atoms with E-state index in [0.717, 1.165) is 29.3 Å². The molecule has 1 N–H and O–H groups in total. The molecule has 0 amide bonds. The Balaban J connectivity index is 1.49. The Morgan fingerprint density at radius 3 is 2.45 bits per heavy atom. The van der Waals surface area contributed by atoms with Gasteiger partial charge in [0.25, 0.3) is 0 Å². The Morgan fingerprint density at radius 1 is 1.12 bits per heavy atom. The predicted octanol–water partition coefficient (Wildman–Crippen LogP) is 3.00. The SMILES string of the molecule is COc1cc2c(cc1OC)/C(=C/C(=O)C1CCN(S(=O)(=O)c3ccccc3F)CC1)NCC2. The molecule has 1 saturated heterocycles. The molecular weight excluding hydrogens is 447 g/mol. The first kappa shape index (κ1) is 23.3. The number of rotatable bonds is 6. The number of hydrogen-bond donors (Lipinski definition) is 1. The first-order valence-electron chi connectivity index (χ1n) is 10.8. The summed E-state index contributed by atoms with van der Waals surface area (Å²) >= 11 is 0. The maximum absolute atomic E-state index is 14.0. The quantitative estimate of drug-likeness (QED) is 0.648. The van der Waals surface area contributed by atoms with E-state index in [0.29, 0.717) is 30.9 Å². The summed E-state index contributed by atoms with van der Waals surface area (Å²) < 4.78 is 51.7. The van der Waals surface area contributed by atoms with Crippen LogP contribution in [0.3, 0.4) is 0 Å². The summed E-state index contributed by atoms with van der Waals surface area (Å²) in [6.07, 6.45) is 3.17. The van der Waals surface area contributed by atoms with Gasteiger partial charge in [-0.2, -0.15) is 4.31 Å². The van der Waals surface area contributed by atoms with Gasteiger partial charge < -0.3 is 14.8 Å². The van der Waals surface area contributed by atoms with E-state index in [1.807, 2.05) is 12.1 Å². The van der Waals surface area contributed by atoms with Crippen LogP contribution in [-0.4, -0.2) is 52.4 Å². The predicted molar refractivity (Wildman–Crippen MR) is 122 cm³/mol. The van der Waals surface area contributed by atoms with Crippen LogP contribution in [0, 0.1) is 11.7 Å². The number of allylic oxidation sites excluding steroid dienone is 1. The molecule has 2 aromatic rings. The van der Waals surface area contributed by atoms with E-state index in [1.165, 1.54) is 22.5 Å². The summed E-state index contributed by atoms with van der Waals surface area (Å²) in [5.41, 5.74) is 2.69. The summed E-state index contributed by atoms with van der Waals surface area (Å²) in [5.74, 6) is 0.117. The zero-order chi connectivity index (χ0) is 23.6. The van der Waals surface area contributed by atoms with E-state index in [4.69, 9.17) is 9.47 Å². The summed E-state index contributed by atoms with van der Waals surface area (Å²) in [7, 11) is -0.775. The third-order valence-corrected chi connectivity index (χ3v) is 8.14. The van der Waals surface area contributed by atoms with Gasteiger partial charge in [0, 0.05) is 42.9 Å². The number of ether oxygens (including phenoxy) is 2. The molecule has 2 aliphatic heterocycles. The highest BCUT2D eigenvalue weighted by molar-refractivity contribution is 7.89. The van der Waals surface area contributed by atoms with Gasteiger partial charge in [0.05, 0.1) is 14.2 Å². The molecular formula is C24H27FN2O5S. The van der Waals surface area contributed by atoms with Crippen molar-refractivity contribution in [2.45, 2.75) is 24.2 Å². The lowest BCUT2D eigenvalue weighted by Crippen LogP contribution is -2.40. The van der Waals surface area contributed by atoms with E-state index in [-0.39, 0.29) is 29.7 Å². The molecule has 7 nitrogen and oxygen atoms in total. The summed E-state index contributed by atoms with van der Waals surface area (Å²) in [4.78, 5) is 12.7. The monoisotopic (exact) mass is 474 g/mol. The summed E-state index contributed by atoms with van der Waals surface area (Å²) in [5, 5.41) is 3.29. The van der Waals surface area contributed by atoms with Gasteiger partial charge in [0.1, 0.15) is 10.7 Å². The van der Waals surface area contributed by atoms with Gasteiger partial charge in [-0.1, -0.05) is 12.1 Å². The second-order valence-electron chi connectivity index (χ2n) is 8.11. The average molecular weight is 475 g/mol. The Labute approximate surface area is 193 Å². The van der Waals surface area contributed by atoms with Gasteiger partial charge in [0.15, 0.2) is 17.3 Å². The normalized spacial score (nSPS) is 18.5. The lowest BCUT2D eigenvalue weighted by Gasteiger charge is -2.30. The Bertz CT molecular complexity index is 1190. The molecule has 0 bridgehead atoms. The van der Waals surface area contributed by atoms with Crippen molar-refractivity contribution in [1.82, 2.24) is 9.62 Å². The number of nitrogens with one attached hydrogen (secondary N) is 1. The van der Waals surface area contributed by atoms with Crippen molar-refractivity contribution in [3.8, 4) is 11.5 Å². The Hall–Kier alpha value is -2.91. The van der Waals surface area contributed by atoms with Crippen LogP contribution in [0.5, 0.6) is 11.5 Å². The Kier molecular flexibility index (Phi) is 6.71. The molecule has 0 spiro atoms. The van der Waals surface area contributed by atoms with Crippen LogP contribution >= 0.6 is 0 Å². The number of fused-ring (bicyclic) bond motifs is 1. The van der Waals surface area contributed by atoms with Crippen molar-refractivity contribution >= 4 is 21.5 Å². The zero-order valence-electron chi connectivity index (χ0n) is 18.6. The maximum Gasteiger partial charge on any atom is 0.245 e. The fourth-order valence-electron chi connectivity index (χ4n) is 4.37. The topological polar surface area (TPSA) is 84.9 Å². The van der Waals surface area contributed by atoms with Crippen molar-refractivity contribution in [1.29, 1.82) is 0 Å². The van der Waals surface area contributed by atoms with Crippen molar-refractivity contribution in [2.24, 2.45) is 5.92 Å². The molecule has 0 atom stereocenters. The maximum atomic E-state index is 14.0. The highest BCUT2D eigenvalue weighted by Crippen LogP contribution is 2.35. The Morgan fingerprint density at radius 2 is 1.79 bits per heavy atom. The number of piperidine rings is 1. The van der Waals surface area contributed by atoms with Gasteiger partial charge >= 0.3 is 0 Å². The van der Waals surface area contributed by atoms with Crippen LogP contribution < -0.4 is 14.8 Å². The third-order valence-electron chi connectivity index (χ3n) is 6.21. The lowest BCUT2D eigenvalue weighted by atomic mass is 9.90. The number of ketones is 1. The molecule has 2 heterocycles. The minimum atomic E-state index is -3.93. The molecule has 2 aromatic carbocycles. The second kappa shape index (κ2) is 9.52. The molecule has 1 fully saturated rings. The fraction of sp³-hybridized carbons (Fsp3) is 0.375. The molecule has 4 rings (SSSR count). The van der Waals surface area contributed by atoms with Gasteiger partial charge in [-0.3, -0.25) is 4.79 Å². The van der Waals surface area contributed by atoms with Crippen molar-refractivity contribution in [2.75, 3.05) is 33.9 Å². The summed E-state index contributed by atoms with van der Waals surface area (Å²) in [6, 6.07) is 9.15. The van der Waals surface area contributed by atoms with Gasteiger partial charge in [-0.25, -0.2) is 12.8 Å². The highest BCUT2D eigenvalue weighted by Gasteiger charge is 2.33. The standard InChI is InChI=1S/C24H27FN2O5S/c1-31-22-13-17-7-10-26-20(18(17)14-23(22)32-2)15-21(28)16-8-11-27(12-9-16)33(29,30)24-6-4-3-5-19(24)25/h3-6,13-16,26H,7-12H2,1-2H3/b20-15-. The third kappa shape index (κ3) is 4.60. The van der Waals surface area contributed by atoms with Gasteiger partial charge in [-0.15, -0.1) is 0 Å². The molecule has 0 radical (unpaired) electrons. The average Bonchev–Trinajstić information content (AvgIpc) is 2.83. The number of halogens is 1. The van der Waals surface area contributed by atoms with Crippen LogP contribution in [0.2, 0.25) is 0 Å². The van der Waals surface area contributed by atoms with E-state index in [2.05, 4.69) is 5.32 Å². The molecule has 0 saturated carbocycles. The zero-order valence-corrected chi connectivity index (χ0v) is 19.5. The molecule has 0 aliphatic carbocycles. The van der Waals surface area contributed by atoms with Crippen LogP contribution in [0.4, 0.5) is 4.39 Å². The van der Waals surface area contributed by atoms with Crippen LogP contribution in [0.25, 0.3) is 5.70 Å². The number of carbonyl (C=O) groups excluding carboxylic acids is 1. The number of hydrogen-bond acceptors (Lipinski definition) is 6. The number of benzene rings is 2. The lowest BCUT2D eigenvalue weighted by molar-refractivity contribution is -0.119. The van der Waals surface area contributed by atoms with Crippen molar-refractivity contribution in [3.05, 3.63) is 59.4 Å². The molecule has 9 heteroatoms. The van der Waals surface area contributed by atoms with Gasteiger partial charge in [0.2, 0.25) is 10.0 Å².